The van der Waals surface area contributed by atoms with Gasteiger partial charge in [0, 0.05) is 6.42 Å². The van der Waals surface area contributed by atoms with E-state index in [1.807, 2.05) is 12.1 Å². The molecule has 1 aliphatic rings. The zero-order valence-corrected chi connectivity index (χ0v) is 11.5. The molecule has 3 N–H and O–H groups in total. The SMILES string of the molecule is NNC(CCc1ccsc1)C1Cc2ccccc2O1. The third-order valence-electron chi connectivity index (χ3n) is 3.66. The lowest BCUT2D eigenvalue weighted by atomic mass is 9.99. The summed E-state index contributed by atoms with van der Waals surface area (Å²) >= 11 is 1.74. The average molecular weight is 274 g/mol. The molecule has 0 aliphatic carbocycles. The van der Waals surface area contributed by atoms with Crippen LogP contribution in [0.4, 0.5) is 0 Å². The number of nitrogens with one attached hydrogen (secondary N) is 1. The van der Waals surface area contributed by atoms with Crippen LogP contribution in [0.15, 0.2) is 41.1 Å². The van der Waals surface area contributed by atoms with Gasteiger partial charge >= 0.3 is 0 Å². The van der Waals surface area contributed by atoms with Gasteiger partial charge in [0.05, 0.1) is 6.04 Å². The summed E-state index contributed by atoms with van der Waals surface area (Å²) in [7, 11) is 0. The van der Waals surface area contributed by atoms with E-state index in [0.29, 0.717) is 0 Å². The summed E-state index contributed by atoms with van der Waals surface area (Å²) < 4.78 is 5.99. The summed E-state index contributed by atoms with van der Waals surface area (Å²) in [5, 5.41) is 4.31. The summed E-state index contributed by atoms with van der Waals surface area (Å²) in [6.07, 6.45) is 3.11. The molecule has 2 atom stereocenters. The van der Waals surface area contributed by atoms with Gasteiger partial charge in [0.25, 0.3) is 0 Å². The highest BCUT2D eigenvalue weighted by molar-refractivity contribution is 7.07. The monoisotopic (exact) mass is 274 g/mol. The Kier molecular flexibility index (Phi) is 3.82. The first-order valence-corrected chi connectivity index (χ1v) is 7.53. The Balaban J connectivity index is 1.61. The molecule has 0 saturated carbocycles. The molecule has 3 nitrogen and oxygen atoms in total. The molecule has 1 aromatic carbocycles. The van der Waals surface area contributed by atoms with Crippen molar-refractivity contribution in [2.45, 2.75) is 31.4 Å². The predicted octanol–water partition coefficient (Wildman–Crippen LogP) is 2.52. The minimum absolute atomic E-state index is 0.140. The van der Waals surface area contributed by atoms with Crippen molar-refractivity contribution >= 4 is 11.3 Å². The van der Waals surface area contributed by atoms with Crippen LogP contribution in [0.2, 0.25) is 0 Å². The van der Waals surface area contributed by atoms with Crippen LogP contribution >= 0.6 is 11.3 Å². The molecule has 0 amide bonds. The van der Waals surface area contributed by atoms with E-state index in [0.717, 1.165) is 25.0 Å². The molecule has 1 aliphatic heterocycles. The smallest absolute Gasteiger partial charge is 0.123 e. The summed E-state index contributed by atoms with van der Waals surface area (Å²) in [6.45, 7) is 0. The fourth-order valence-corrected chi connectivity index (χ4v) is 3.27. The van der Waals surface area contributed by atoms with Crippen molar-refractivity contribution in [3.8, 4) is 5.75 Å². The lowest BCUT2D eigenvalue weighted by molar-refractivity contribution is 0.172. The van der Waals surface area contributed by atoms with Crippen molar-refractivity contribution in [2.75, 3.05) is 0 Å². The van der Waals surface area contributed by atoms with Gasteiger partial charge < -0.3 is 4.74 Å². The first-order chi connectivity index (χ1) is 9.36. The summed E-state index contributed by atoms with van der Waals surface area (Å²) in [5.41, 5.74) is 5.58. The Morgan fingerprint density at radius 3 is 3.00 bits per heavy atom. The summed E-state index contributed by atoms with van der Waals surface area (Å²) in [4.78, 5) is 0. The predicted molar refractivity (Wildman–Crippen MR) is 78.3 cm³/mol. The van der Waals surface area contributed by atoms with Crippen molar-refractivity contribution in [3.63, 3.8) is 0 Å². The second-order valence-electron chi connectivity index (χ2n) is 4.91. The number of hydrazine groups is 1. The van der Waals surface area contributed by atoms with Crippen LogP contribution in [0.3, 0.4) is 0 Å². The molecular formula is C15H18N2OS. The minimum Gasteiger partial charge on any atom is -0.488 e. The molecule has 0 radical (unpaired) electrons. The Labute approximate surface area is 117 Å². The van der Waals surface area contributed by atoms with Gasteiger partial charge in [-0.1, -0.05) is 18.2 Å². The maximum absolute atomic E-state index is 5.99. The molecule has 0 saturated heterocycles. The second kappa shape index (κ2) is 5.74. The molecule has 4 heteroatoms. The number of hydrogen-bond donors (Lipinski definition) is 2. The minimum atomic E-state index is 0.140. The van der Waals surface area contributed by atoms with E-state index >= 15 is 0 Å². The number of hydrogen-bond acceptors (Lipinski definition) is 4. The average Bonchev–Trinajstić information content (AvgIpc) is 3.08. The molecule has 2 unspecified atom stereocenters. The van der Waals surface area contributed by atoms with Gasteiger partial charge in [-0.15, -0.1) is 0 Å². The van der Waals surface area contributed by atoms with Gasteiger partial charge in [-0.25, -0.2) is 0 Å². The zero-order chi connectivity index (χ0) is 13.1. The topological polar surface area (TPSA) is 47.3 Å². The molecule has 2 heterocycles. The largest absolute Gasteiger partial charge is 0.488 e. The third kappa shape index (κ3) is 2.81. The number of aryl methyl sites for hydroxylation is 1. The first-order valence-electron chi connectivity index (χ1n) is 6.58. The Hall–Kier alpha value is -1.36. The van der Waals surface area contributed by atoms with Gasteiger partial charge in [-0.2, -0.15) is 11.3 Å². The van der Waals surface area contributed by atoms with Crippen molar-refractivity contribution in [1.82, 2.24) is 5.43 Å². The summed E-state index contributed by atoms with van der Waals surface area (Å²) in [6, 6.07) is 10.6. The maximum atomic E-state index is 5.99. The Morgan fingerprint density at radius 1 is 1.37 bits per heavy atom. The van der Waals surface area contributed by atoms with Crippen molar-refractivity contribution < 1.29 is 4.74 Å². The highest BCUT2D eigenvalue weighted by Crippen LogP contribution is 2.30. The van der Waals surface area contributed by atoms with Crippen molar-refractivity contribution in [1.29, 1.82) is 0 Å². The standard InChI is InChI=1S/C15H18N2OS/c16-17-13(6-5-11-7-8-19-10-11)15-9-12-3-1-2-4-14(12)18-15/h1-4,7-8,10,13,15,17H,5-6,9,16H2. The lowest BCUT2D eigenvalue weighted by Crippen LogP contribution is -2.46. The fraction of sp³-hybridized carbons (Fsp3) is 0.333. The second-order valence-corrected chi connectivity index (χ2v) is 5.69. The summed E-state index contributed by atoms with van der Waals surface area (Å²) in [5.74, 6) is 6.70. The molecule has 0 fully saturated rings. The van der Waals surface area contributed by atoms with E-state index in [1.165, 1.54) is 11.1 Å². The van der Waals surface area contributed by atoms with E-state index in [4.69, 9.17) is 10.6 Å². The lowest BCUT2D eigenvalue weighted by Gasteiger charge is -2.22. The maximum Gasteiger partial charge on any atom is 0.123 e. The van der Waals surface area contributed by atoms with Gasteiger partial charge in [0.1, 0.15) is 11.9 Å². The number of benzene rings is 1. The molecule has 0 spiro atoms. The van der Waals surface area contributed by atoms with Crippen molar-refractivity contribution in [3.05, 3.63) is 52.2 Å². The Morgan fingerprint density at radius 2 is 2.26 bits per heavy atom. The van der Waals surface area contributed by atoms with E-state index in [2.05, 4.69) is 34.4 Å². The van der Waals surface area contributed by atoms with Crippen LogP contribution in [-0.4, -0.2) is 12.1 Å². The number of thiophene rings is 1. The molecule has 3 rings (SSSR count). The first kappa shape index (κ1) is 12.7. The fourth-order valence-electron chi connectivity index (χ4n) is 2.57. The quantitative estimate of drug-likeness (QED) is 0.650. The highest BCUT2D eigenvalue weighted by Gasteiger charge is 2.29. The normalized spacial score (nSPS) is 18.9. The molecule has 19 heavy (non-hydrogen) atoms. The van der Waals surface area contributed by atoms with E-state index in [9.17, 15) is 0 Å². The van der Waals surface area contributed by atoms with Crippen LogP contribution in [-0.2, 0) is 12.8 Å². The van der Waals surface area contributed by atoms with E-state index in [-0.39, 0.29) is 12.1 Å². The molecule has 1 aromatic heterocycles. The number of rotatable bonds is 5. The van der Waals surface area contributed by atoms with Crippen LogP contribution in [0.25, 0.3) is 0 Å². The van der Waals surface area contributed by atoms with Gasteiger partial charge in [-0.05, 0) is 46.9 Å². The zero-order valence-electron chi connectivity index (χ0n) is 10.7. The third-order valence-corrected chi connectivity index (χ3v) is 4.39. The molecule has 100 valence electrons. The van der Waals surface area contributed by atoms with Crippen LogP contribution in [0.1, 0.15) is 17.5 Å². The number of ether oxygens (including phenoxy) is 1. The van der Waals surface area contributed by atoms with Gasteiger partial charge in [0.2, 0.25) is 0 Å². The molecule has 0 bridgehead atoms. The van der Waals surface area contributed by atoms with Crippen molar-refractivity contribution in [2.24, 2.45) is 5.84 Å². The van der Waals surface area contributed by atoms with E-state index in [1.54, 1.807) is 11.3 Å². The van der Waals surface area contributed by atoms with E-state index < -0.39 is 0 Å². The number of para-hydroxylation sites is 1. The highest BCUT2D eigenvalue weighted by atomic mass is 32.1. The molecule has 2 aromatic rings. The number of fused-ring (bicyclic) bond motifs is 1. The number of nitrogens with two attached hydrogens (primary N) is 1. The Bertz CT molecular complexity index is 502. The molecular weight excluding hydrogens is 256 g/mol. The van der Waals surface area contributed by atoms with Crippen LogP contribution in [0.5, 0.6) is 5.75 Å². The van der Waals surface area contributed by atoms with Gasteiger partial charge in [0.15, 0.2) is 0 Å². The van der Waals surface area contributed by atoms with Crippen LogP contribution in [0, 0.1) is 0 Å². The van der Waals surface area contributed by atoms with Gasteiger partial charge in [-0.3, -0.25) is 11.3 Å². The van der Waals surface area contributed by atoms with Crippen LogP contribution < -0.4 is 16.0 Å².